The molecule has 0 bridgehead atoms. The molecule has 0 aliphatic rings. The maximum Gasteiger partial charge on any atom is 0.228 e. The topological polar surface area (TPSA) is 51.2 Å². The van der Waals surface area contributed by atoms with Crippen LogP contribution in [-0.4, -0.2) is 17.5 Å². The standard InChI is InChI=1S/C18H18N2O2S/c1-3-22-15-7-4-13(5-8-15)10-18(21)20-14-6-9-16-17(11-14)23-12(2)19-16/h4-9,11H,3,10H2,1-2H3,(H,20,21). The quantitative estimate of drug-likeness (QED) is 0.765. The first-order valence-electron chi connectivity index (χ1n) is 7.53. The molecule has 1 N–H and O–H groups in total. The minimum Gasteiger partial charge on any atom is -0.494 e. The van der Waals surface area contributed by atoms with E-state index in [-0.39, 0.29) is 5.91 Å². The van der Waals surface area contributed by atoms with Crippen LogP contribution in [0, 0.1) is 6.92 Å². The van der Waals surface area contributed by atoms with E-state index in [9.17, 15) is 4.79 Å². The molecule has 118 valence electrons. The number of carbonyl (C=O) groups excluding carboxylic acids is 1. The number of rotatable bonds is 5. The molecule has 1 aromatic heterocycles. The highest BCUT2D eigenvalue weighted by atomic mass is 32.1. The molecule has 1 amide bonds. The first-order valence-corrected chi connectivity index (χ1v) is 8.34. The Kier molecular flexibility index (Phi) is 4.57. The van der Waals surface area contributed by atoms with Gasteiger partial charge in [0.15, 0.2) is 0 Å². The van der Waals surface area contributed by atoms with Gasteiger partial charge in [-0.2, -0.15) is 0 Å². The third-order valence-electron chi connectivity index (χ3n) is 3.38. The number of aryl methyl sites for hydroxylation is 1. The van der Waals surface area contributed by atoms with E-state index in [4.69, 9.17) is 4.74 Å². The number of benzene rings is 2. The molecule has 0 spiro atoms. The largest absolute Gasteiger partial charge is 0.494 e. The average Bonchev–Trinajstić information content (AvgIpc) is 2.89. The highest BCUT2D eigenvalue weighted by Crippen LogP contribution is 2.24. The van der Waals surface area contributed by atoms with Crippen molar-refractivity contribution in [3.63, 3.8) is 0 Å². The molecule has 0 radical (unpaired) electrons. The summed E-state index contributed by atoms with van der Waals surface area (Å²) in [5, 5.41) is 3.97. The normalized spacial score (nSPS) is 10.7. The SMILES string of the molecule is CCOc1ccc(CC(=O)Nc2ccc3nc(C)sc3c2)cc1. The number of nitrogens with one attached hydrogen (secondary N) is 1. The van der Waals surface area contributed by atoms with Gasteiger partial charge in [-0.15, -0.1) is 11.3 Å². The fourth-order valence-electron chi connectivity index (χ4n) is 2.38. The monoisotopic (exact) mass is 326 g/mol. The number of nitrogens with zero attached hydrogens (tertiary/aromatic N) is 1. The molecular weight excluding hydrogens is 308 g/mol. The van der Waals surface area contributed by atoms with Gasteiger partial charge in [0, 0.05) is 5.69 Å². The number of anilines is 1. The lowest BCUT2D eigenvalue weighted by Gasteiger charge is -2.07. The molecule has 4 nitrogen and oxygen atoms in total. The van der Waals surface area contributed by atoms with Crippen LogP contribution in [0.5, 0.6) is 5.75 Å². The molecule has 2 aromatic carbocycles. The minimum atomic E-state index is -0.0326. The summed E-state index contributed by atoms with van der Waals surface area (Å²) in [6.45, 7) is 4.57. The summed E-state index contributed by atoms with van der Waals surface area (Å²) in [6, 6.07) is 13.4. The Morgan fingerprint density at radius 1 is 1.22 bits per heavy atom. The van der Waals surface area contributed by atoms with E-state index in [1.807, 2.05) is 56.3 Å². The molecule has 0 unspecified atom stereocenters. The van der Waals surface area contributed by atoms with Crippen molar-refractivity contribution in [2.45, 2.75) is 20.3 Å². The highest BCUT2D eigenvalue weighted by Gasteiger charge is 2.07. The van der Waals surface area contributed by atoms with Crippen LogP contribution in [0.1, 0.15) is 17.5 Å². The number of fused-ring (bicyclic) bond motifs is 1. The van der Waals surface area contributed by atoms with Crippen molar-refractivity contribution in [3.05, 3.63) is 53.0 Å². The number of aromatic nitrogens is 1. The fourth-order valence-corrected chi connectivity index (χ4v) is 3.24. The smallest absolute Gasteiger partial charge is 0.228 e. The molecule has 0 fully saturated rings. The van der Waals surface area contributed by atoms with Crippen LogP contribution >= 0.6 is 11.3 Å². The van der Waals surface area contributed by atoms with Gasteiger partial charge in [0.2, 0.25) is 5.91 Å². The molecule has 1 heterocycles. The number of thiazole rings is 1. The summed E-state index contributed by atoms with van der Waals surface area (Å²) in [5.41, 5.74) is 2.73. The van der Waals surface area contributed by atoms with Gasteiger partial charge in [0.1, 0.15) is 5.75 Å². The molecule has 0 saturated carbocycles. The Hall–Kier alpha value is -2.40. The van der Waals surface area contributed by atoms with Gasteiger partial charge in [0.25, 0.3) is 0 Å². The van der Waals surface area contributed by atoms with E-state index in [2.05, 4.69) is 10.3 Å². The molecule has 0 saturated heterocycles. The van der Waals surface area contributed by atoms with Gasteiger partial charge in [-0.3, -0.25) is 4.79 Å². The molecule has 3 rings (SSSR count). The molecule has 0 aliphatic heterocycles. The lowest BCUT2D eigenvalue weighted by atomic mass is 10.1. The fraction of sp³-hybridized carbons (Fsp3) is 0.222. The summed E-state index contributed by atoms with van der Waals surface area (Å²) >= 11 is 1.63. The summed E-state index contributed by atoms with van der Waals surface area (Å²) in [4.78, 5) is 16.6. The third kappa shape index (κ3) is 3.87. The van der Waals surface area contributed by atoms with E-state index in [1.54, 1.807) is 11.3 Å². The zero-order valence-electron chi connectivity index (χ0n) is 13.1. The van der Waals surface area contributed by atoms with Crippen molar-refractivity contribution in [3.8, 4) is 5.75 Å². The second-order valence-corrected chi connectivity index (χ2v) is 6.45. The van der Waals surface area contributed by atoms with Crippen LogP contribution in [0.3, 0.4) is 0 Å². The molecule has 5 heteroatoms. The van der Waals surface area contributed by atoms with E-state index < -0.39 is 0 Å². The van der Waals surface area contributed by atoms with Crippen molar-refractivity contribution >= 4 is 33.1 Å². The first kappa shape index (κ1) is 15.5. The zero-order valence-corrected chi connectivity index (χ0v) is 13.9. The van der Waals surface area contributed by atoms with Gasteiger partial charge in [-0.1, -0.05) is 12.1 Å². The summed E-state index contributed by atoms with van der Waals surface area (Å²) in [7, 11) is 0. The van der Waals surface area contributed by atoms with Crippen LogP contribution < -0.4 is 10.1 Å². The molecule has 3 aromatic rings. The van der Waals surface area contributed by atoms with Crippen LogP contribution in [0.15, 0.2) is 42.5 Å². The van der Waals surface area contributed by atoms with Gasteiger partial charge < -0.3 is 10.1 Å². The van der Waals surface area contributed by atoms with Crippen molar-refractivity contribution < 1.29 is 9.53 Å². The van der Waals surface area contributed by atoms with E-state index >= 15 is 0 Å². The Labute approximate surface area is 139 Å². The number of hydrogen-bond acceptors (Lipinski definition) is 4. The average molecular weight is 326 g/mol. The zero-order chi connectivity index (χ0) is 16.2. The Bertz CT molecular complexity index is 825. The molecule has 23 heavy (non-hydrogen) atoms. The van der Waals surface area contributed by atoms with Crippen molar-refractivity contribution in [1.82, 2.24) is 4.98 Å². The lowest BCUT2D eigenvalue weighted by Crippen LogP contribution is -2.14. The predicted octanol–water partition coefficient (Wildman–Crippen LogP) is 4.18. The number of ether oxygens (including phenoxy) is 1. The van der Waals surface area contributed by atoms with Crippen LogP contribution in [-0.2, 0) is 11.2 Å². The number of hydrogen-bond donors (Lipinski definition) is 1. The second-order valence-electron chi connectivity index (χ2n) is 5.22. The third-order valence-corrected chi connectivity index (χ3v) is 4.31. The highest BCUT2D eigenvalue weighted by molar-refractivity contribution is 7.18. The Morgan fingerprint density at radius 3 is 2.74 bits per heavy atom. The lowest BCUT2D eigenvalue weighted by molar-refractivity contribution is -0.115. The molecular formula is C18H18N2O2S. The summed E-state index contributed by atoms with van der Waals surface area (Å²) in [6.07, 6.45) is 0.339. The maximum atomic E-state index is 12.2. The summed E-state index contributed by atoms with van der Waals surface area (Å²) in [5.74, 6) is 0.789. The maximum absolute atomic E-state index is 12.2. The summed E-state index contributed by atoms with van der Waals surface area (Å²) < 4.78 is 6.48. The van der Waals surface area contributed by atoms with Gasteiger partial charge in [-0.25, -0.2) is 4.98 Å². The van der Waals surface area contributed by atoms with Crippen LogP contribution in [0.4, 0.5) is 5.69 Å². The predicted molar refractivity (Wildman–Crippen MR) is 94.3 cm³/mol. The van der Waals surface area contributed by atoms with Gasteiger partial charge in [-0.05, 0) is 49.7 Å². The van der Waals surface area contributed by atoms with Crippen LogP contribution in [0.25, 0.3) is 10.2 Å². The second kappa shape index (κ2) is 6.79. The van der Waals surface area contributed by atoms with E-state index in [0.717, 1.165) is 32.2 Å². The first-order chi connectivity index (χ1) is 11.1. The molecule has 0 atom stereocenters. The van der Waals surface area contributed by atoms with Crippen molar-refractivity contribution in [2.24, 2.45) is 0 Å². The van der Waals surface area contributed by atoms with Crippen molar-refractivity contribution in [2.75, 3.05) is 11.9 Å². The number of amides is 1. The molecule has 0 aliphatic carbocycles. The van der Waals surface area contributed by atoms with E-state index in [1.165, 1.54) is 0 Å². The number of carbonyl (C=O) groups is 1. The minimum absolute atomic E-state index is 0.0326. The van der Waals surface area contributed by atoms with Crippen molar-refractivity contribution in [1.29, 1.82) is 0 Å². The van der Waals surface area contributed by atoms with Crippen LogP contribution in [0.2, 0.25) is 0 Å². The Balaban J connectivity index is 1.65. The van der Waals surface area contributed by atoms with Gasteiger partial charge in [0.05, 0.1) is 28.3 Å². The van der Waals surface area contributed by atoms with E-state index in [0.29, 0.717) is 13.0 Å². The van der Waals surface area contributed by atoms with Gasteiger partial charge >= 0.3 is 0 Å². The Morgan fingerprint density at radius 2 is 2.00 bits per heavy atom.